The van der Waals surface area contributed by atoms with Crippen LogP contribution in [0.25, 0.3) is 22.4 Å². The summed E-state index contributed by atoms with van der Waals surface area (Å²) in [5.74, 6) is 0.109. The van der Waals surface area contributed by atoms with E-state index < -0.39 is 5.97 Å². The average molecular weight is 499 g/mol. The first-order valence-corrected chi connectivity index (χ1v) is 13.0. The first kappa shape index (κ1) is 25.4. The molecule has 2 aromatic carbocycles. The lowest BCUT2D eigenvalue weighted by Gasteiger charge is -2.28. The van der Waals surface area contributed by atoms with E-state index in [1.165, 1.54) is 6.07 Å². The zero-order valence-corrected chi connectivity index (χ0v) is 20.4. The van der Waals surface area contributed by atoms with Crippen LogP contribution in [0, 0.1) is 17.7 Å². The monoisotopic (exact) mass is 498 g/mol. The van der Waals surface area contributed by atoms with Crippen LogP contribution in [-0.4, -0.2) is 51.5 Å². The summed E-state index contributed by atoms with van der Waals surface area (Å²) in [7, 11) is 0. The van der Waals surface area contributed by atoms with Gasteiger partial charge in [0.05, 0.1) is 13.2 Å². The highest BCUT2D eigenvalue weighted by molar-refractivity contribution is 7.99. The highest BCUT2D eigenvalue weighted by Gasteiger charge is 2.26. The SMILES string of the molecule is O=C(O)COC[C@H]1CC[C@H](Cn2nc(-c3ccccc3)c(-c3cccc(F)c3)c2SCCO)CC1. The number of hydrogen-bond acceptors (Lipinski definition) is 5. The van der Waals surface area contributed by atoms with Crippen molar-refractivity contribution in [3.63, 3.8) is 0 Å². The minimum Gasteiger partial charge on any atom is -0.480 e. The van der Waals surface area contributed by atoms with E-state index in [9.17, 15) is 14.3 Å². The lowest BCUT2D eigenvalue weighted by Crippen LogP contribution is -2.23. The number of aliphatic carboxylic acids is 1. The molecule has 186 valence electrons. The minimum atomic E-state index is -0.936. The van der Waals surface area contributed by atoms with Crippen LogP contribution in [0.5, 0.6) is 0 Å². The van der Waals surface area contributed by atoms with Crippen LogP contribution in [0.4, 0.5) is 4.39 Å². The van der Waals surface area contributed by atoms with Gasteiger partial charge in [-0.3, -0.25) is 4.68 Å². The zero-order chi connectivity index (χ0) is 24.6. The number of carbonyl (C=O) groups is 1. The molecule has 0 amide bonds. The second-order valence-corrected chi connectivity index (χ2v) is 10.0. The molecule has 0 bridgehead atoms. The summed E-state index contributed by atoms with van der Waals surface area (Å²) in [6.45, 7) is 1.02. The van der Waals surface area contributed by atoms with Crippen molar-refractivity contribution in [2.24, 2.45) is 11.8 Å². The van der Waals surface area contributed by atoms with Crippen LogP contribution in [-0.2, 0) is 16.1 Å². The molecule has 1 fully saturated rings. The van der Waals surface area contributed by atoms with Crippen molar-refractivity contribution in [3.05, 3.63) is 60.4 Å². The third-order valence-electron chi connectivity index (χ3n) is 6.37. The van der Waals surface area contributed by atoms with E-state index in [4.69, 9.17) is 14.9 Å². The number of aromatic nitrogens is 2. The Labute approximate surface area is 209 Å². The molecular formula is C27H31FN2O4S. The van der Waals surface area contributed by atoms with Gasteiger partial charge in [-0.1, -0.05) is 42.5 Å². The molecule has 1 aliphatic rings. The first-order chi connectivity index (χ1) is 17.0. The summed E-state index contributed by atoms with van der Waals surface area (Å²) in [6, 6.07) is 16.5. The molecule has 0 radical (unpaired) electrons. The van der Waals surface area contributed by atoms with Gasteiger partial charge in [0.1, 0.15) is 23.1 Å². The van der Waals surface area contributed by atoms with E-state index in [1.54, 1.807) is 23.9 Å². The van der Waals surface area contributed by atoms with Gasteiger partial charge in [0.15, 0.2) is 0 Å². The third-order valence-corrected chi connectivity index (χ3v) is 7.45. The molecule has 0 unspecified atom stereocenters. The van der Waals surface area contributed by atoms with E-state index in [0.717, 1.165) is 59.6 Å². The topological polar surface area (TPSA) is 84.6 Å². The maximum atomic E-state index is 14.2. The van der Waals surface area contributed by atoms with Gasteiger partial charge in [-0.05, 0) is 55.2 Å². The minimum absolute atomic E-state index is 0.0422. The molecular weight excluding hydrogens is 467 g/mol. The van der Waals surface area contributed by atoms with Crippen molar-refractivity contribution >= 4 is 17.7 Å². The number of aliphatic hydroxyl groups is 1. The Morgan fingerprint density at radius 3 is 2.46 bits per heavy atom. The Balaban J connectivity index is 1.60. The fraction of sp³-hybridized carbons (Fsp3) is 0.407. The quantitative estimate of drug-likeness (QED) is 0.347. The molecule has 0 aliphatic heterocycles. The smallest absolute Gasteiger partial charge is 0.329 e. The predicted molar refractivity (Wildman–Crippen MR) is 135 cm³/mol. The highest BCUT2D eigenvalue weighted by Crippen LogP contribution is 2.41. The summed E-state index contributed by atoms with van der Waals surface area (Å²) in [6.07, 6.45) is 4.02. The number of hydrogen-bond donors (Lipinski definition) is 2. The lowest BCUT2D eigenvalue weighted by atomic mass is 9.82. The van der Waals surface area contributed by atoms with Gasteiger partial charge in [-0.2, -0.15) is 5.10 Å². The number of ether oxygens (including phenoxy) is 1. The van der Waals surface area contributed by atoms with Crippen molar-refractivity contribution in [1.82, 2.24) is 9.78 Å². The number of aliphatic hydroxyl groups excluding tert-OH is 1. The Morgan fingerprint density at radius 1 is 1.06 bits per heavy atom. The standard InChI is InChI=1S/C27H31FN2O4S/c28-23-8-4-7-22(15-23)25-26(21-5-2-1-3-6-21)29-30(27(25)35-14-13-31)16-19-9-11-20(12-10-19)17-34-18-24(32)33/h1-8,15,19-20,31H,9-14,16-18H2,(H,32,33)/t19-,20-. The van der Waals surface area contributed by atoms with Crippen molar-refractivity contribution in [3.8, 4) is 22.4 Å². The second-order valence-electron chi connectivity index (χ2n) is 8.95. The third kappa shape index (κ3) is 6.72. The van der Waals surface area contributed by atoms with Gasteiger partial charge in [0.2, 0.25) is 0 Å². The molecule has 0 spiro atoms. The van der Waals surface area contributed by atoms with Gasteiger partial charge >= 0.3 is 5.97 Å². The molecule has 0 saturated heterocycles. The van der Waals surface area contributed by atoms with Gasteiger partial charge < -0.3 is 14.9 Å². The van der Waals surface area contributed by atoms with Crippen LogP contribution in [0.3, 0.4) is 0 Å². The molecule has 4 rings (SSSR count). The Morgan fingerprint density at radius 2 is 1.77 bits per heavy atom. The molecule has 1 aliphatic carbocycles. The molecule has 35 heavy (non-hydrogen) atoms. The molecule has 6 nitrogen and oxygen atoms in total. The molecule has 1 aromatic heterocycles. The number of carboxylic acid groups (broad SMARTS) is 1. The first-order valence-electron chi connectivity index (χ1n) is 12.0. The van der Waals surface area contributed by atoms with Crippen LogP contribution in [0.2, 0.25) is 0 Å². The van der Waals surface area contributed by atoms with Crippen molar-refractivity contribution in [2.75, 3.05) is 25.6 Å². The number of benzene rings is 2. The maximum Gasteiger partial charge on any atom is 0.329 e. The second kappa shape index (κ2) is 12.3. The van der Waals surface area contributed by atoms with Crippen LogP contribution in [0.1, 0.15) is 25.7 Å². The van der Waals surface area contributed by atoms with E-state index in [1.807, 2.05) is 41.1 Å². The van der Waals surface area contributed by atoms with Gasteiger partial charge in [-0.25, -0.2) is 9.18 Å². The largest absolute Gasteiger partial charge is 0.480 e. The molecule has 0 atom stereocenters. The molecule has 1 heterocycles. The average Bonchev–Trinajstić information content (AvgIpc) is 3.22. The van der Waals surface area contributed by atoms with Crippen LogP contribution in [0.15, 0.2) is 59.6 Å². The molecule has 8 heteroatoms. The summed E-state index contributed by atoms with van der Waals surface area (Å²) in [4.78, 5) is 10.7. The fourth-order valence-corrected chi connectivity index (χ4v) is 5.61. The van der Waals surface area contributed by atoms with Gasteiger partial charge in [0.25, 0.3) is 0 Å². The van der Waals surface area contributed by atoms with E-state index >= 15 is 0 Å². The Bertz CT molecular complexity index is 1110. The highest BCUT2D eigenvalue weighted by atomic mass is 32.2. The normalized spacial score (nSPS) is 18.0. The molecule has 2 N–H and O–H groups in total. The number of thioether (sulfide) groups is 1. The molecule has 3 aromatic rings. The molecule has 1 saturated carbocycles. The zero-order valence-electron chi connectivity index (χ0n) is 19.6. The Hall–Kier alpha value is -2.68. The van der Waals surface area contributed by atoms with E-state index in [-0.39, 0.29) is 19.0 Å². The van der Waals surface area contributed by atoms with Crippen molar-refractivity contribution in [2.45, 2.75) is 37.3 Å². The predicted octanol–water partition coefficient (Wildman–Crippen LogP) is 5.35. The summed E-state index contributed by atoms with van der Waals surface area (Å²) in [5.41, 5.74) is 3.45. The number of carboxylic acids is 1. The van der Waals surface area contributed by atoms with Crippen LogP contribution >= 0.6 is 11.8 Å². The number of halogens is 1. The summed E-state index contributed by atoms with van der Waals surface area (Å²) >= 11 is 1.55. The summed E-state index contributed by atoms with van der Waals surface area (Å²) in [5, 5.41) is 24.3. The van der Waals surface area contributed by atoms with E-state index in [2.05, 4.69) is 0 Å². The van der Waals surface area contributed by atoms with Crippen LogP contribution < -0.4 is 0 Å². The fourth-order valence-electron chi connectivity index (χ4n) is 4.70. The lowest BCUT2D eigenvalue weighted by molar-refractivity contribution is -0.142. The summed E-state index contributed by atoms with van der Waals surface area (Å²) < 4.78 is 21.5. The van der Waals surface area contributed by atoms with Crippen molar-refractivity contribution in [1.29, 1.82) is 0 Å². The number of rotatable bonds is 11. The number of nitrogens with zero attached hydrogens (tertiary/aromatic N) is 2. The van der Waals surface area contributed by atoms with Crippen molar-refractivity contribution < 1.29 is 24.1 Å². The Kier molecular flexibility index (Phi) is 8.95. The van der Waals surface area contributed by atoms with E-state index in [0.29, 0.717) is 24.2 Å². The maximum absolute atomic E-state index is 14.2. The van der Waals surface area contributed by atoms with Gasteiger partial charge in [-0.15, -0.1) is 11.8 Å². The van der Waals surface area contributed by atoms with Gasteiger partial charge in [0, 0.05) is 23.4 Å².